The number of aromatic nitrogens is 1. The summed E-state index contributed by atoms with van der Waals surface area (Å²) < 4.78 is 45.3. The van der Waals surface area contributed by atoms with Gasteiger partial charge in [-0.1, -0.05) is 6.08 Å². The Labute approximate surface area is 138 Å². The molecule has 0 N–H and O–H groups in total. The third-order valence-electron chi connectivity index (χ3n) is 3.08. The molecule has 0 bridgehead atoms. The lowest BCUT2D eigenvalue weighted by atomic mass is 10.0. The molecule has 1 aromatic rings. The average molecular weight is 343 g/mol. The number of carbonyl (C=O) groups excluding carboxylic acids is 1. The predicted octanol–water partition coefficient (Wildman–Crippen LogP) is 3.44. The molecule has 8 heteroatoms. The number of oxazole rings is 1. The van der Waals surface area contributed by atoms with Crippen molar-refractivity contribution in [1.82, 2.24) is 4.98 Å². The van der Waals surface area contributed by atoms with E-state index in [2.05, 4.69) is 9.72 Å². The fourth-order valence-corrected chi connectivity index (χ4v) is 2.18. The molecule has 0 spiro atoms. The monoisotopic (exact) mass is 343 g/mol. The maximum Gasteiger partial charge on any atom is 0.387 e. The molecule has 0 saturated heterocycles. The number of rotatable bonds is 7. The molecule has 1 aliphatic carbocycles. The van der Waals surface area contributed by atoms with Crippen LogP contribution in [0.2, 0.25) is 0 Å². The van der Waals surface area contributed by atoms with E-state index < -0.39 is 18.7 Å². The molecule has 24 heavy (non-hydrogen) atoms. The zero-order valence-electron chi connectivity index (χ0n) is 13.6. The molecule has 0 aromatic carbocycles. The minimum absolute atomic E-state index is 0.00756. The highest BCUT2D eigenvalue weighted by Gasteiger charge is 2.27. The lowest BCUT2D eigenvalue weighted by Gasteiger charge is -2.25. The largest absolute Gasteiger partial charge is 0.459 e. The molecule has 1 unspecified atom stereocenters. The van der Waals surface area contributed by atoms with Gasteiger partial charge in [0, 0.05) is 18.9 Å². The Balaban J connectivity index is 2.13. The van der Waals surface area contributed by atoms with Crippen LogP contribution in [-0.4, -0.2) is 29.8 Å². The van der Waals surface area contributed by atoms with Gasteiger partial charge in [0.2, 0.25) is 5.89 Å². The highest BCUT2D eigenvalue weighted by atomic mass is 19.3. The Morgan fingerprint density at radius 2 is 2.17 bits per heavy atom. The SMILES string of the molecule is CC(=O)OCc1coc(C2=CC=C(OC(F)F)C(OC(C)C)C2)n1. The molecule has 0 aliphatic heterocycles. The number of allylic oxidation sites excluding steroid dienone is 2. The quantitative estimate of drug-likeness (QED) is 0.706. The van der Waals surface area contributed by atoms with Crippen molar-refractivity contribution in [2.45, 2.75) is 52.6 Å². The van der Waals surface area contributed by atoms with Gasteiger partial charge in [0.1, 0.15) is 30.4 Å². The van der Waals surface area contributed by atoms with Crippen LogP contribution < -0.4 is 0 Å². The average Bonchev–Trinajstić information content (AvgIpc) is 2.95. The number of nitrogens with zero attached hydrogens (tertiary/aromatic N) is 1. The Bertz CT molecular complexity index is 636. The number of ether oxygens (including phenoxy) is 3. The Kier molecular flexibility index (Phi) is 6.08. The smallest absolute Gasteiger partial charge is 0.387 e. The van der Waals surface area contributed by atoms with Gasteiger partial charge in [-0.25, -0.2) is 4.98 Å². The van der Waals surface area contributed by atoms with Gasteiger partial charge in [-0.3, -0.25) is 4.79 Å². The molecule has 0 saturated carbocycles. The van der Waals surface area contributed by atoms with Gasteiger partial charge in [-0.05, 0) is 19.9 Å². The van der Waals surface area contributed by atoms with Crippen molar-refractivity contribution in [1.29, 1.82) is 0 Å². The van der Waals surface area contributed by atoms with Crippen LogP contribution >= 0.6 is 0 Å². The molecule has 1 heterocycles. The third kappa shape index (κ3) is 5.16. The van der Waals surface area contributed by atoms with Crippen LogP contribution in [0.5, 0.6) is 0 Å². The number of hydrogen-bond acceptors (Lipinski definition) is 6. The van der Waals surface area contributed by atoms with Crippen LogP contribution in [0, 0.1) is 0 Å². The van der Waals surface area contributed by atoms with Crippen molar-refractivity contribution in [3.05, 3.63) is 35.8 Å². The van der Waals surface area contributed by atoms with Crippen molar-refractivity contribution in [3.63, 3.8) is 0 Å². The standard InChI is InChI=1S/C16H19F2NO5/c1-9(2)23-14-6-11(4-5-13(14)24-16(17)18)15-19-12(8-22-15)7-21-10(3)20/h4-5,8-9,14,16H,6-7H2,1-3H3. The molecule has 132 valence electrons. The first kappa shape index (κ1) is 18.1. The zero-order valence-corrected chi connectivity index (χ0v) is 13.6. The summed E-state index contributed by atoms with van der Waals surface area (Å²) in [5.74, 6) is -0.0328. The fourth-order valence-electron chi connectivity index (χ4n) is 2.18. The van der Waals surface area contributed by atoms with Crippen LogP contribution in [0.15, 0.2) is 28.6 Å². The summed E-state index contributed by atoms with van der Waals surface area (Å²) in [6.45, 7) is 2.00. The molecule has 2 rings (SSSR count). The second kappa shape index (κ2) is 8.05. The lowest BCUT2D eigenvalue weighted by Crippen LogP contribution is -2.25. The molecular weight excluding hydrogens is 324 g/mol. The Hall–Kier alpha value is -2.22. The topological polar surface area (TPSA) is 70.8 Å². The summed E-state index contributed by atoms with van der Waals surface area (Å²) in [6.07, 6.45) is 3.87. The molecular formula is C16H19F2NO5. The van der Waals surface area contributed by atoms with Gasteiger partial charge in [-0.15, -0.1) is 0 Å². The minimum atomic E-state index is -2.92. The van der Waals surface area contributed by atoms with Crippen LogP contribution in [0.3, 0.4) is 0 Å². The third-order valence-corrected chi connectivity index (χ3v) is 3.08. The van der Waals surface area contributed by atoms with E-state index in [4.69, 9.17) is 13.9 Å². The number of halogens is 2. The van der Waals surface area contributed by atoms with Crippen LogP contribution in [0.4, 0.5) is 8.78 Å². The van der Waals surface area contributed by atoms with Crippen molar-refractivity contribution in [2.75, 3.05) is 0 Å². The molecule has 1 aromatic heterocycles. The van der Waals surface area contributed by atoms with E-state index in [1.54, 1.807) is 19.9 Å². The fraction of sp³-hybridized carbons (Fsp3) is 0.500. The Morgan fingerprint density at radius 3 is 2.79 bits per heavy atom. The molecule has 6 nitrogen and oxygen atoms in total. The summed E-state index contributed by atoms with van der Waals surface area (Å²) in [5.41, 5.74) is 1.14. The van der Waals surface area contributed by atoms with Crippen LogP contribution in [0.25, 0.3) is 5.57 Å². The van der Waals surface area contributed by atoms with E-state index in [1.807, 2.05) is 0 Å². The first-order valence-corrected chi connectivity index (χ1v) is 7.44. The Morgan fingerprint density at radius 1 is 1.42 bits per heavy atom. The van der Waals surface area contributed by atoms with Gasteiger partial charge in [0.05, 0.1) is 6.10 Å². The van der Waals surface area contributed by atoms with Gasteiger partial charge >= 0.3 is 12.6 Å². The van der Waals surface area contributed by atoms with Crippen molar-refractivity contribution in [2.24, 2.45) is 0 Å². The number of esters is 1. The van der Waals surface area contributed by atoms with Crippen molar-refractivity contribution in [3.8, 4) is 0 Å². The molecule has 0 fully saturated rings. The van der Waals surface area contributed by atoms with Gasteiger partial charge in [0.25, 0.3) is 0 Å². The molecule has 1 aliphatic rings. The highest BCUT2D eigenvalue weighted by Crippen LogP contribution is 2.30. The normalized spacial score (nSPS) is 17.7. The highest BCUT2D eigenvalue weighted by molar-refractivity contribution is 5.66. The van der Waals surface area contributed by atoms with Gasteiger partial charge < -0.3 is 18.6 Å². The second-order valence-electron chi connectivity index (χ2n) is 5.44. The number of carbonyl (C=O) groups is 1. The van der Waals surface area contributed by atoms with E-state index in [0.29, 0.717) is 17.2 Å². The van der Waals surface area contributed by atoms with Crippen LogP contribution in [0.1, 0.15) is 38.8 Å². The van der Waals surface area contributed by atoms with E-state index in [1.165, 1.54) is 19.3 Å². The molecule has 1 atom stereocenters. The maximum absolute atomic E-state index is 12.5. The summed E-state index contributed by atoms with van der Waals surface area (Å²) in [5, 5.41) is 0. The summed E-state index contributed by atoms with van der Waals surface area (Å²) in [6, 6.07) is 0. The van der Waals surface area contributed by atoms with Crippen molar-refractivity contribution < 1.29 is 32.2 Å². The first-order valence-electron chi connectivity index (χ1n) is 7.44. The van der Waals surface area contributed by atoms with E-state index in [-0.39, 0.29) is 24.9 Å². The first-order chi connectivity index (χ1) is 11.3. The second-order valence-corrected chi connectivity index (χ2v) is 5.44. The summed E-state index contributed by atoms with van der Waals surface area (Å²) >= 11 is 0. The van der Waals surface area contributed by atoms with Gasteiger partial charge in [0.15, 0.2) is 0 Å². The summed E-state index contributed by atoms with van der Waals surface area (Å²) in [7, 11) is 0. The zero-order chi connectivity index (χ0) is 17.7. The van der Waals surface area contributed by atoms with E-state index >= 15 is 0 Å². The molecule has 0 amide bonds. The van der Waals surface area contributed by atoms with Crippen molar-refractivity contribution >= 4 is 11.5 Å². The van der Waals surface area contributed by atoms with Gasteiger partial charge in [-0.2, -0.15) is 8.78 Å². The predicted molar refractivity (Wildman–Crippen MR) is 79.7 cm³/mol. The molecule has 0 radical (unpaired) electrons. The van der Waals surface area contributed by atoms with Crippen LogP contribution in [-0.2, 0) is 25.6 Å². The number of alkyl halides is 2. The van der Waals surface area contributed by atoms with E-state index in [9.17, 15) is 13.6 Å². The minimum Gasteiger partial charge on any atom is -0.459 e. The summed E-state index contributed by atoms with van der Waals surface area (Å²) in [4.78, 5) is 15.0. The maximum atomic E-state index is 12.5. The number of hydrogen-bond donors (Lipinski definition) is 0. The van der Waals surface area contributed by atoms with E-state index in [0.717, 1.165) is 0 Å². The lowest BCUT2D eigenvalue weighted by molar-refractivity contribution is -0.142.